The van der Waals surface area contributed by atoms with Crippen LogP contribution >= 0.6 is 0 Å². The van der Waals surface area contributed by atoms with Crippen LogP contribution in [0.4, 0.5) is 0 Å². The van der Waals surface area contributed by atoms with Crippen LogP contribution in [0.15, 0.2) is 34.7 Å². The van der Waals surface area contributed by atoms with E-state index in [0.717, 1.165) is 5.56 Å². The zero-order valence-corrected chi connectivity index (χ0v) is 17.5. The van der Waals surface area contributed by atoms with Crippen LogP contribution in [0.25, 0.3) is 11.5 Å². The molecule has 2 aromatic rings. The third kappa shape index (κ3) is 5.24. The number of amides is 2. The second-order valence-corrected chi connectivity index (χ2v) is 7.31. The molecular formula is C21H26N4O5. The number of likely N-dealkylation sites (N-methyl/N-ethyl adjacent to an activating group) is 1. The largest absolute Gasteiger partial charge is 0.451 e. The van der Waals surface area contributed by atoms with Gasteiger partial charge in [0.2, 0.25) is 11.8 Å². The zero-order valence-electron chi connectivity index (χ0n) is 17.5. The van der Waals surface area contributed by atoms with E-state index in [-0.39, 0.29) is 24.1 Å². The number of aryl methyl sites for hydroxylation is 1. The quantitative estimate of drug-likeness (QED) is 0.652. The summed E-state index contributed by atoms with van der Waals surface area (Å²) in [5.41, 5.74) is 0.815. The predicted octanol–water partition coefficient (Wildman–Crippen LogP) is 1.04. The third-order valence-electron chi connectivity index (χ3n) is 4.92. The molecule has 3 rings (SSSR count). The molecule has 0 spiro atoms. The van der Waals surface area contributed by atoms with Gasteiger partial charge in [0.1, 0.15) is 5.76 Å². The van der Waals surface area contributed by atoms with E-state index >= 15 is 0 Å². The Morgan fingerprint density at radius 3 is 2.40 bits per heavy atom. The highest BCUT2D eigenvalue weighted by atomic mass is 16.5. The molecular weight excluding hydrogens is 388 g/mol. The predicted molar refractivity (Wildman–Crippen MR) is 109 cm³/mol. The molecule has 2 heterocycles. The zero-order chi connectivity index (χ0) is 21.7. The first-order valence-corrected chi connectivity index (χ1v) is 9.75. The molecule has 0 N–H and O–H groups in total. The molecule has 0 unspecified atom stereocenters. The van der Waals surface area contributed by atoms with Gasteiger partial charge < -0.3 is 19.0 Å². The van der Waals surface area contributed by atoms with Gasteiger partial charge in [-0.05, 0) is 19.1 Å². The van der Waals surface area contributed by atoms with E-state index in [1.54, 1.807) is 30.8 Å². The van der Waals surface area contributed by atoms with Crippen molar-refractivity contribution < 1.29 is 23.5 Å². The van der Waals surface area contributed by atoms with Crippen LogP contribution in [0.1, 0.15) is 16.2 Å². The molecule has 2 amide bonds. The Labute approximate surface area is 175 Å². The van der Waals surface area contributed by atoms with Gasteiger partial charge in [0.05, 0.1) is 6.54 Å². The molecule has 1 fully saturated rings. The SMILES string of the molecule is Cc1oc(-c2ccccc2)nc1C(=O)OCC(=O)N1CCN(CC(=O)N(C)C)CC1. The van der Waals surface area contributed by atoms with Crippen molar-refractivity contribution in [2.24, 2.45) is 0 Å². The summed E-state index contributed by atoms with van der Waals surface area (Å²) in [5.74, 6) is -0.268. The van der Waals surface area contributed by atoms with Gasteiger partial charge in [0.15, 0.2) is 12.3 Å². The lowest BCUT2D eigenvalue weighted by Crippen LogP contribution is -2.51. The second kappa shape index (κ2) is 9.53. The summed E-state index contributed by atoms with van der Waals surface area (Å²) in [7, 11) is 3.44. The van der Waals surface area contributed by atoms with Crippen LogP contribution in [0.2, 0.25) is 0 Å². The van der Waals surface area contributed by atoms with E-state index in [2.05, 4.69) is 4.98 Å². The number of benzene rings is 1. The van der Waals surface area contributed by atoms with Gasteiger partial charge in [-0.1, -0.05) is 18.2 Å². The van der Waals surface area contributed by atoms with Gasteiger partial charge in [-0.15, -0.1) is 0 Å². The minimum absolute atomic E-state index is 0.0292. The number of oxazole rings is 1. The number of hydrogen-bond donors (Lipinski definition) is 0. The topological polar surface area (TPSA) is 96.2 Å². The minimum Gasteiger partial charge on any atom is -0.451 e. The molecule has 0 bridgehead atoms. The Balaban J connectivity index is 1.49. The number of aromatic nitrogens is 1. The number of esters is 1. The summed E-state index contributed by atoms with van der Waals surface area (Å²) in [6.07, 6.45) is 0. The molecule has 9 nitrogen and oxygen atoms in total. The molecule has 9 heteroatoms. The Morgan fingerprint density at radius 1 is 1.10 bits per heavy atom. The van der Waals surface area contributed by atoms with Crippen LogP contribution in [-0.4, -0.2) is 90.9 Å². The smallest absolute Gasteiger partial charge is 0.361 e. The maximum absolute atomic E-state index is 12.4. The maximum atomic E-state index is 12.4. The summed E-state index contributed by atoms with van der Waals surface area (Å²) >= 11 is 0. The molecule has 0 saturated carbocycles. The van der Waals surface area contributed by atoms with Crippen LogP contribution < -0.4 is 0 Å². The van der Waals surface area contributed by atoms with Crippen molar-refractivity contribution in [2.75, 3.05) is 53.4 Å². The lowest BCUT2D eigenvalue weighted by molar-refractivity contribution is -0.137. The van der Waals surface area contributed by atoms with Gasteiger partial charge >= 0.3 is 5.97 Å². The Hall–Kier alpha value is -3.20. The molecule has 160 valence electrons. The van der Waals surface area contributed by atoms with Gasteiger partial charge in [-0.2, -0.15) is 0 Å². The number of hydrogen-bond acceptors (Lipinski definition) is 7. The first-order valence-electron chi connectivity index (χ1n) is 9.75. The molecule has 1 aliphatic rings. The van der Waals surface area contributed by atoms with Crippen molar-refractivity contribution in [1.82, 2.24) is 19.7 Å². The van der Waals surface area contributed by atoms with E-state index in [9.17, 15) is 14.4 Å². The molecule has 30 heavy (non-hydrogen) atoms. The van der Waals surface area contributed by atoms with Crippen LogP contribution in [0.3, 0.4) is 0 Å². The maximum Gasteiger partial charge on any atom is 0.361 e. The Kier molecular flexibility index (Phi) is 6.83. The van der Waals surface area contributed by atoms with Crippen molar-refractivity contribution in [3.63, 3.8) is 0 Å². The summed E-state index contributed by atoms with van der Waals surface area (Å²) in [6, 6.07) is 9.23. The van der Waals surface area contributed by atoms with Crippen molar-refractivity contribution in [3.8, 4) is 11.5 Å². The number of carbonyl (C=O) groups is 3. The van der Waals surface area contributed by atoms with Gasteiger partial charge in [0.25, 0.3) is 5.91 Å². The summed E-state index contributed by atoms with van der Waals surface area (Å²) in [6.45, 7) is 3.77. The Morgan fingerprint density at radius 2 is 1.77 bits per heavy atom. The van der Waals surface area contributed by atoms with E-state index in [0.29, 0.717) is 44.4 Å². The lowest BCUT2D eigenvalue weighted by atomic mass is 10.2. The second-order valence-electron chi connectivity index (χ2n) is 7.31. The molecule has 1 aromatic carbocycles. The standard InChI is InChI=1S/C21H26N4O5/c1-15-19(22-20(30-15)16-7-5-4-6-8-16)21(28)29-14-18(27)25-11-9-24(10-12-25)13-17(26)23(2)3/h4-8H,9-14H2,1-3H3. The fourth-order valence-corrected chi connectivity index (χ4v) is 3.07. The van der Waals surface area contributed by atoms with E-state index < -0.39 is 5.97 Å². The normalized spacial score (nSPS) is 14.4. The van der Waals surface area contributed by atoms with Crippen molar-refractivity contribution in [2.45, 2.75) is 6.92 Å². The van der Waals surface area contributed by atoms with Gasteiger partial charge in [-0.25, -0.2) is 9.78 Å². The van der Waals surface area contributed by atoms with Crippen molar-refractivity contribution >= 4 is 17.8 Å². The summed E-state index contributed by atoms with van der Waals surface area (Å²) in [4.78, 5) is 46.0. The number of nitrogens with zero attached hydrogens (tertiary/aromatic N) is 4. The molecule has 1 aromatic heterocycles. The average Bonchev–Trinajstić information content (AvgIpc) is 3.14. The highest BCUT2D eigenvalue weighted by molar-refractivity contribution is 5.91. The first-order chi connectivity index (χ1) is 14.3. The van der Waals surface area contributed by atoms with E-state index in [1.807, 2.05) is 35.2 Å². The molecule has 1 saturated heterocycles. The Bertz CT molecular complexity index is 901. The van der Waals surface area contributed by atoms with Crippen LogP contribution in [0, 0.1) is 6.92 Å². The number of ether oxygens (including phenoxy) is 1. The number of rotatable bonds is 6. The molecule has 0 aliphatic carbocycles. The fraction of sp³-hybridized carbons (Fsp3) is 0.429. The van der Waals surface area contributed by atoms with Crippen molar-refractivity contribution in [3.05, 3.63) is 41.8 Å². The van der Waals surface area contributed by atoms with Crippen LogP contribution in [-0.2, 0) is 14.3 Å². The van der Waals surface area contributed by atoms with E-state index in [4.69, 9.17) is 9.15 Å². The van der Waals surface area contributed by atoms with Crippen molar-refractivity contribution in [1.29, 1.82) is 0 Å². The molecule has 0 radical (unpaired) electrons. The third-order valence-corrected chi connectivity index (χ3v) is 4.92. The lowest BCUT2D eigenvalue weighted by Gasteiger charge is -2.34. The number of carbonyl (C=O) groups excluding carboxylic acids is 3. The molecule has 0 atom stereocenters. The highest BCUT2D eigenvalue weighted by Crippen LogP contribution is 2.21. The highest BCUT2D eigenvalue weighted by Gasteiger charge is 2.25. The van der Waals surface area contributed by atoms with Gasteiger partial charge in [0, 0.05) is 45.8 Å². The average molecular weight is 414 g/mol. The summed E-state index contributed by atoms with van der Waals surface area (Å²) in [5, 5.41) is 0. The van der Waals surface area contributed by atoms with Gasteiger partial charge in [-0.3, -0.25) is 14.5 Å². The fourth-order valence-electron chi connectivity index (χ4n) is 3.07. The van der Waals surface area contributed by atoms with Crippen LogP contribution in [0.5, 0.6) is 0 Å². The molecule has 1 aliphatic heterocycles. The van der Waals surface area contributed by atoms with E-state index in [1.165, 1.54) is 0 Å². The number of piperazine rings is 1. The first kappa shape index (κ1) is 21.5. The summed E-state index contributed by atoms with van der Waals surface area (Å²) < 4.78 is 10.7. The minimum atomic E-state index is -0.693. The monoisotopic (exact) mass is 414 g/mol.